The standard InChI is InChI=1S/C14H19F3O3/c1-9(2)19-10(3)20-12-7-5-11(6-8-12)13(4,18)14(15,16)17/h5-10,18H,1-4H3. The van der Waals surface area contributed by atoms with Crippen molar-refractivity contribution in [3.63, 3.8) is 0 Å². The van der Waals surface area contributed by atoms with Crippen LogP contribution < -0.4 is 4.74 Å². The SMILES string of the molecule is CC(C)OC(C)Oc1ccc(C(C)(O)C(F)(F)F)cc1. The molecule has 114 valence electrons. The van der Waals surface area contributed by atoms with E-state index in [2.05, 4.69) is 0 Å². The summed E-state index contributed by atoms with van der Waals surface area (Å²) in [6.45, 7) is 6.11. The van der Waals surface area contributed by atoms with E-state index in [-0.39, 0.29) is 11.7 Å². The minimum absolute atomic E-state index is 0.0183. The lowest BCUT2D eigenvalue weighted by Gasteiger charge is -2.27. The van der Waals surface area contributed by atoms with Crippen LogP contribution in [-0.2, 0) is 10.3 Å². The van der Waals surface area contributed by atoms with E-state index in [1.54, 1.807) is 6.92 Å². The Balaban J connectivity index is 2.79. The molecule has 0 amide bonds. The quantitative estimate of drug-likeness (QED) is 0.843. The fraction of sp³-hybridized carbons (Fsp3) is 0.571. The van der Waals surface area contributed by atoms with Gasteiger partial charge in [-0.3, -0.25) is 0 Å². The van der Waals surface area contributed by atoms with Crippen LogP contribution in [0.4, 0.5) is 13.2 Å². The lowest BCUT2D eigenvalue weighted by molar-refractivity contribution is -0.258. The highest BCUT2D eigenvalue weighted by Gasteiger charge is 2.51. The molecule has 0 spiro atoms. The number of hydrogen-bond donors (Lipinski definition) is 1. The molecule has 3 nitrogen and oxygen atoms in total. The van der Waals surface area contributed by atoms with E-state index in [9.17, 15) is 18.3 Å². The van der Waals surface area contributed by atoms with E-state index in [1.807, 2.05) is 13.8 Å². The maximum atomic E-state index is 12.7. The Morgan fingerprint density at radius 2 is 1.55 bits per heavy atom. The number of halogens is 3. The molecule has 0 bridgehead atoms. The van der Waals surface area contributed by atoms with Crippen molar-refractivity contribution in [3.8, 4) is 5.75 Å². The number of rotatable bonds is 5. The highest BCUT2D eigenvalue weighted by Crippen LogP contribution is 2.38. The average Bonchev–Trinajstić information content (AvgIpc) is 2.26. The second-order valence-electron chi connectivity index (χ2n) is 4.96. The second kappa shape index (κ2) is 6.01. The van der Waals surface area contributed by atoms with Crippen LogP contribution >= 0.6 is 0 Å². The van der Waals surface area contributed by atoms with Gasteiger partial charge in [-0.1, -0.05) is 12.1 Å². The summed E-state index contributed by atoms with van der Waals surface area (Å²) >= 11 is 0. The Morgan fingerprint density at radius 1 is 1.05 bits per heavy atom. The fourth-order valence-electron chi connectivity index (χ4n) is 1.62. The van der Waals surface area contributed by atoms with Gasteiger partial charge in [-0.2, -0.15) is 13.2 Å². The minimum Gasteiger partial charge on any atom is -0.465 e. The lowest BCUT2D eigenvalue weighted by Crippen LogP contribution is -2.39. The molecule has 1 rings (SSSR count). The van der Waals surface area contributed by atoms with Crippen molar-refractivity contribution in [1.82, 2.24) is 0 Å². The van der Waals surface area contributed by atoms with E-state index in [0.29, 0.717) is 12.7 Å². The van der Waals surface area contributed by atoms with Gasteiger partial charge >= 0.3 is 6.18 Å². The van der Waals surface area contributed by atoms with Gasteiger partial charge in [0.25, 0.3) is 0 Å². The second-order valence-corrected chi connectivity index (χ2v) is 4.96. The van der Waals surface area contributed by atoms with Crippen molar-refractivity contribution in [2.75, 3.05) is 0 Å². The van der Waals surface area contributed by atoms with Crippen molar-refractivity contribution >= 4 is 0 Å². The molecule has 0 saturated heterocycles. The van der Waals surface area contributed by atoms with Crippen LogP contribution in [-0.4, -0.2) is 23.7 Å². The van der Waals surface area contributed by atoms with Gasteiger partial charge in [-0.15, -0.1) is 0 Å². The molecule has 0 aliphatic rings. The highest BCUT2D eigenvalue weighted by atomic mass is 19.4. The summed E-state index contributed by atoms with van der Waals surface area (Å²) in [5, 5.41) is 9.52. The van der Waals surface area contributed by atoms with Crippen molar-refractivity contribution < 1.29 is 27.8 Å². The molecule has 0 heterocycles. The molecular formula is C14H19F3O3. The summed E-state index contributed by atoms with van der Waals surface area (Å²) in [5.41, 5.74) is -3.12. The molecule has 1 aromatic rings. The summed E-state index contributed by atoms with van der Waals surface area (Å²) in [6, 6.07) is 5.11. The fourth-order valence-corrected chi connectivity index (χ4v) is 1.62. The number of aliphatic hydroxyl groups is 1. The third kappa shape index (κ3) is 4.11. The predicted octanol–water partition coefficient (Wildman–Crippen LogP) is 3.61. The van der Waals surface area contributed by atoms with E-state index in [1.165, 1.54) is 24.3 Å². The summed E-state index contributed by atoms with van der Waals surface area (Å²) in [4.78, 5) is 0. The van der Waals surface area contributed by atoms with E-state index in [4.69, 9.17) is 9.47 Å². The predicted molar refractivity (Wildman–Crippen MR) is 68.4 cm³/mol. The maximum absolute atomic E-state index is 12.7. The van der Waals surface area contributed by atoms with Crippen LogP contribution in [0.15, 0.2) is 24.3 Å². The molecule has 20 heavy (non-hydrogen) atoms. The molecule has 2 unspecified atom stereocenters. The molecule has 0 aliphatic carbocycles. The van der Waals surface area contributed by atoms with E-state index in [0.717, 1.165) is 0 Å². The smallest absolute Gasteiger partial charge is 0.421 e. The zero-order valence-electron chi connectivity index (χ0n) is 11.9. The minimum atomic E-state index is -4.73. The van der Waals surface area contributed by atoms with Crippen molar-refractivity contribution in [1.29, 1.82) is 0 Å². The van der Waals surface area contributed by atoms with Gasteiger partial charge in [0.05, 0.1) is 6.10 Å². The van der Waals surface area contributed by atoms with Gasteiger partial charge in [-0.25, -0.2) is 0 Å². The molecule has 2 atom stereocenters. The van der Waals surface area contributed by atoms with E-state index >= 15 is 0 Å². The van der Waals surface area contributed by atoms with Gasteiger partial charge in [0.1, 0.15) is 5.75 Å². The number of ether oxygens (including phenoxy) is 2. The lowest BCUT2D eigenvalue weighted by atomic mass is 9.95. The van der Waals surface area contributed by atoms with Gasteiger partial charge in [0.2, 0.25) is 0 Å². The number of hydrogen-bond acceptors (Lipinski definition) is 3. The van der Waals surface area contributed by atoms with Crippen molar-refractivity contribution in [3.05, 3.63) is 29.8 Å². The maximum Gasteiger partial charge on any atom is 0.421 e. The zero-order chi connectivity index (χ0) is 15.6. The van der Waals surface area contributed by atoms with Crippen LogP contribution in [0.25, 0.3) is 0 Å². The summed E-state index contributed by atoms with van der Waals surface area (Å²) in [6.07, 6.45) is -5.26. The van der Waals surface area contributed by atoms with Gasteiger partial charge in [0.15, 0.2) is 11.9 Å². The Kier molecular flexibility index (Phi) is 5.05. The Bertz CT molecular complexity index is 424. The Hall–Kier alpha value is -1.27. The van der Waals surface area contributed by atoms with Gasteiger partial charge < -0.3 is 14.6 Å². The number of benzene rings is 1. The van der Waals surface area contributed by atoms with Gasteiger partial charge in [-0.05, 0) is 45.4 Å². The molecule has 6 heteroatoms. The third-order valence-electron chi connectivity index (χ3n) is 2.73. The summed E-state index contributed by atoms with van der Waals surface area (Å²) in [7, 11) is 0. The topological polar surface area (TPSA) is 38.7 Å². The van der Waals surface area contributed by atoms with Crippen molar-refractivity contribution in [2.45, 2.75) is 51.9 Å². The van der Waals surface area contributed by atoms with Gasteiger partial charge in [0, 0.05) is 0 Å². The summed E-state index contributed by atoms with van der Waals surface area (Å²) < 4.78 is 48.8. The molecule has 1 N–H and O–H groups in total. The molecule has 0 radical (unpaired) electrons. The largest absolute Gasteiger partial charge is 0.465 e. The molecule has 0 fully saturated rings. The molecule has 1 aromatic carbocycles. The average molecular weight is 292 g/mol. The zero-order valence-corrected chi connectivity index (χ0v) is 11.9. The van der Waals surface area contributed by atoms with Crippen LogP contribution in [0, 0.1) is 0 Å². The monoisotopic (exact) mass is 292 g/mol. The third-order valence-corrected chi connectivity index (χ3v) is 2.73. The molecule has 0 aromatic heterocycles. The summed E-state index contributed by atoms with van der Waals surface area (Å²) in [5.74, 6) is 0.375. The van der Waals surface area contributed by atoms with Crippen LogP contribution in [0.3, 0.4) is 0 Å². The number of alkyl halides is 3. The molecular weight excluding hydrogens is 273 g/mol. The van der Waals surface area contributed by atoms with Crippen LogP contribution in [0.1, 0.15) is 33.3 Å². The first-order valence-corrected chi connectivity index (χ1v) is 6.26. The Morgan fingerprint density at radius 3 is 1.95 bits per heavy atom. The Labute approximate surface area is 116 Å². The first-order valence-electron chi connectivity index (χ1n) is 6.26. The van der Waals surface area contributed by atoms with Crippen molar-refractivity contribution in [2.24, 2.45) is 0 Å². The van der Waals surface area contributed by atoms with Crippen LogP contribution in [0.2, 0.25) is 0 Å². The van der Waals surface area contributed by atoms with Crippen LogP contribution in [0.5, 0.6) is 5.75 Å². The molecule has 0 saturated carbocycles. The van der Waals surface area contributed by atoms with E-state index < -0.39 is 18.1 Å². The normalized spacial score (nSPS) is 16.9. The molecule has 0 aliphatic heterocycles. The highest BCUT2D eigenvalue weighted by molar-refractivity contribution is 5.31. The first-order chi connectivity index (χ1) is 9.04. The first kappa shape index (κ1) is 16.8.